The standard InChI is InChI=1S/C21H23F3N6O/c1-12-3-4-16-18(13-7-15(8-13)21(22,23)24)27-20(28-19(16)26-12)30-5-6-31-17(11-30)14-9-25-29(2)10-14/h3-4,9-10,13,15,17H,5-8,11H2,1-2H3/t13-,15-,17-/m1/s1. The highest BCUT2D eigenvalue weighted by Gasteiger charge is 2.49. The smallest absolute Gasteiger partial charge is 0.370 e. The third-order valence-corrected chi connectivity index (χ3v) is 6.15. The first kappa shape index (κ1) is 20.2. The average molecular weight is 432 g/mol. The number of aromatic nitrogens is 5. The van der Waals surface area contributed by atoms with Crippen LogP contribution < -0.4 is 4.90 Å². The quantitative estimate of drug-likeness (QED) is 0.629. The summed E-state index contributed by atoms with van der Waals surface area (Å²) in [6, 6.07) is 3.72. The average Bonchev–Trinajstić information content (AvgIpc) is 3.12. The molecule has 1 atom stereocenters. The summed E-state index contributed by atoms with van der Waals surface area (Å²) in [6.07, 6.45) is -0.518. The lowest BCUT2D eigenvalue weighted by Gasteiger charge is -2.37. The molecule has 0 unspecified atom stereocenters. The van der Waals surface area contributed by atoms with Crippen LogP contribution in [0.4, 0.5) is 19.1 Å². The topological polar surface area (TPSA) is 69.0 Å². The number of aryl methyl sites for hydroxylation is 2. The van der Waals surface area contributed by atoms with E-state index in [0.717, 1.165) is 16.6 Å². The Hall–Kier alpha value is -2.75. The molecule has 164 valence electrons. The van der Waals surface area contributed by atoms with Crippen molar-refractivity contribution in [1.82, 2.24) is 24.7 Å². The Morgan fingerprint density at radius 1 is 1.13 bits per heavy atom. The van der Waals surface area contributed by atoms with Gasteiger partial charge in [-0.05, 0) is 31.9 Å². The minimum Gasteiger partial charge on any atom is -0.370 e. The van der Waals surface area contributed by atoms with Crippen LogP contribution in [0, 0.1) is 12.8 Å². The van der Waals surface area contributed by atoms with E-state index in [4.69, 9.17) is 9.72 Å². The van der Waals surface area contributed by atoms with Crippen LogP contribution in [0.1, 0.15) is 41.8 Å². The first-order chi connectivity index (χ1) is 14.8. The molecule has 1 saturated heterocycles. The Morgan fingerprint density at radius 2 is 1.94 bits per heavy atom. The molecule has 0 aromatic carbocycles. The van der Waals surface area contributed by atoms with Crippen LogP contribution in [-0.2, 0) is 11.8 Å². The summed E-state index contributed by atoms with van der Waals surface area (Å²) in [5.41, 5.74) is 2.96. The van der Waals surface area contributed by atoms with Crippen molar-refractivity contribution >= 4 is 17.0 Å². The van der Waals surface area contributed by atoms with E-state index < -0.39 is 12.1 Å². The summed E-state index contributed by atoms with van der Waals surface area (Å²) < 4.78 is 46.8. The Balaban J connectivity index is 1.47. The largest absolute Gasteiger partial charge is 0.391 e. The Kier molecular flexibility index (Phi) is 4.84. The maximum absolute atomic E-state index is 13.1. The lowest BCUT2D eigenvalue weighted by Crippen LogP contribution is -2.40. The molecule has 1 aliphatic heterocycles. The number of halogens is 3. The molecule has 1 aliphatic carbocycles. The third-order valence-electron chi connectivity index (χ3n) is 6.15. The highest BCUT2D eigenvalue weighted by molar-refractivity contribution is 5.79. The molecule has 0 N–H and O–H groups in total. The molecule has 10 heteroatoms. The first-order valence-electron chi connectivity index (χ1n) is 10.3. The molecule has 5 rings (SSSR count). The van der Waals surface area contributed by atoms with Crippen LogP contribution in [0.5, 0.6) is 0 Å². The molecular formula is C21H23F3N6O. The van der Waals surface area contributed by atoms with Gasteiger partial charge < -0.3 is 9.64 Å². The second-order valence-corrected chi connectivity index (χ2v) is 8.39. The Morgan fingerprint density at radius 3 is 2.65 bits per heavy atom. The molecule has 2 aliphatic rings. The lowest BCUT2D eigenvalue weighted by molar-refractivity contribution is -0.197. The number of morpholine rings is 1. The van der Waals surface area contributed by atoms with Crippen LogP contribution in [-0.4, -0.2) is 50.6 Å². The van der Waals surface area contributed by atoms with Crippen LogP contribution in [0.3, 0.4) is 0 Å². The van der Waals surface area contributed by atoms with Gasteiger partial charge in [0.15, 0.2) is 5.65 Å². The number of alkyl halides is 3. The highest BCUT2D eigenvalue weighted by Crippen LogP contribution is 2.50. The van der Waals surface area contributed by atoms with Crippen molar-refractivity contribution in [2.75, 3.05) is 24.6 Å². The summed E-state index contributed by atoms with van der Waals surface area (Å²) in [6.45, 7) is 3.51. The van der Waals surface area contributed by atoms with Gasteiger partial charge in [0, 0.05) is 42.4 Å². The molecule has 0 amide bonds. The minimum absolute atomic E-state index is 0.0599. The number of hydrogen-bond donors (Lipinski definition) is 0. The summed E-state index contributed by atoms with van der Waals surface area (Å²) in [7, 11) is 1.85. The number of anilines is 1. The number of fused-ring (bicyclic) bond motifs is 1. The predicted octanol–water partition coefficient (Wildman–Crippen LogP) is 3.70. The predicted molar refractivity (Wildman–Crippen MR) is 108 cm³/mol. The van der Waals surface area contributed by atoms with Gasteiger partial charge in [-0.15, -0.1) is 0 Å². The van der Waals surface area contributed by atoms with Crippen molar-refractivity contribution < 1.29 is 17.9 Å². The van der Waals surface area contributed by atoms with E-state index in [1.54, 1.807) is 10.9 Å². The maximum atomic E-state index is 13.1. The lowest BCUT2D eigenvalue weighted by atomic mass is 9.72. The summed E-state index contributed by atoms with van der Waals surface area (Å²) in [5.74, 6) is -1.01. The molecule has 0 bridgehead atoms. The fourth-order valence-electron chi connectivity index (χ4n) is 4.32. The number of pyridine rings is 1. The Labute approximate surface area is 177 Å². The molecule has 4 heterocycles. The third kappa shape index (κ3) is 3.84. The summed E-state index contributed by atoms with van der Waals surface area (Å²) >= 11 is 0. The molecule has 3 aromatic rings. The fourth-order valence-corrected chi connectivity index (χ4v) is 4.32. The molecule has 7 nitrogen and oxygen atoms in total. The van der Waals surface area contributed by atoms with Crippen LogP contribution >= 0.6 is 0 Å². The van der Waals surface area contributed by atoms with Crippen molar-refractivity contribution in [3.05, 3.63) is 41.5 Å². The summed E-state index contributed by atoms with van der Waals surface area (Å²) in [5, 5.41) is 4.94. The van der Waals surface area contributed by atoms with E-state index in [9.17, 15) is 13.2 Å². The van der Waals surface area contributed by atoms with Crippen LogP contribution in [0.25, 0.3) is 11.0 Å². The second kappa shape index (κ2) is 7.44. The van der Waals surface area contributed by atoms with E-state index in [1.165, 1.54) is 0 Å². The molecule has 2 fully saturated rings. The van der Waals surface area contributed by atoms with Gasteiger partial charge in [0.25, 0.3) is 0 Å². The second-order valence-electron chi connectivity index (χ2n) is 8.39. The molecular weight excluding hydrogens is 409 g/mol. The molecule has 31 heavy (non-hydrogen) atoms. The van der Waals surface area contributed by atoms with Gasteiger partial charge in [-0.1, -0.05) is 0 Å². The van der Waals surface area contributed by atoms with Gasteiger partial charge in [-0.3, -0.25) is 4.68 Å². The number of hydrogen-bond acceptors (Lipinski definition) is 6. The van der Waals surface area contributed by atoms with Crippen LogP contribution in [0.15, 0.2) is 24.5 Å². The Bertz CT molecular complexity index is 1110. The van der Waals surface area contributed by atoms with Gasteiger partial charge in [0.05, 0.1) is 31.0 Å². The van der Waals surface area contributed by atoms with E-state index in [-0.39, 0.29) is 24.9 Å². The number of rotatable bonds is 3. The van der Waals surface area contributed by atoms with Gasteiger partial charge in [0.2, 0.25) is 5.95 Å². The van der Waals surface area contributed by atoms with Crippen molar-refractivity contribution in [1.29, 1.82) is 0 Å². The number of nitrogens with zero attached hydrogens (tertiary/aromatic N) is 6. The number of ether oxygens (including phenoxy) is 1. The van der Waals surface area contributed by atoms with Crippen LogP contribution in [0.2, 0.25) is 0 Å². The van der Waals surface area contributed by atoms with E-state index >= 15 is 0 Å². The monoisotopic (exact) mass is 432 g/mol. The van der Waals surface area contributed by atoms with Gasteiger partial charge in [0.1, 0.15) is 6.10 Å². The van der Waals surface area contributed by atoms with Crippen molar-refractivity contribution in [3.8, 4) is 0 Å². The van der Waals surface area contributed by atoms with Crippen molar-refractivity contribution in [3.63, 3.8) is 0 Å². The summed E-state index contributed by atoms with van der Waals surface area (Å²) in [4.78, 5) is 16.0. The van der Waals surface area contributed by atoms with E-state index in [0.29, 0.717) is 37.0 Å². The van der Waals surface area contributed by atoms with Gasteiger partial charge in [-0.25, -0.2) is 9.97 Å². The molecule has 0 spiro atoms. The first-order valence-corrected chi connectivity index (χ1v) is 10.3. The van der Waals surface area contributed by atoms with Gasteiger partial charge >= 0.3 is 6.18 Å². The fraction of sp³-hybridized carbons (Fsp3) is 0.524. The minimum atomic E-state index is -4.15. The highest BCUT2D eigenvalue weighted by atomic mass is 19.4. The normalized spacial score (nSPS) is 24.4. The molecule has 1 saturated carbocycles. The van der Waals surface area contributed by atoms with Crippen molar-refractivity contribution in [2.24, 2.45) is 13.0 Å². The SMILES string of the molecule is Cc1ccc2c(n1)nc(N1CCO[C@@H](c3cnn(C)c3)C1)nc2[C@H]1C[C@H](C(F)(F)F)C1. The maximum Gasteiger partial charge on any atom is 0.391 e. The zero-order valence-corrected chi connectivity index (χ0v) is 17.3. The van der Waals surface area contributed by atoms with E-state index in [2.05, 4.69) is 15.1 Å². The van der Waals surface area contributed by atoms with Crippen molar-refractivity contribution in [2.45, 2.75) is 38.0 Å². The zero-order chi connectivity index (χ0) is 21.8. The van der Waals surface area contributed by atoms with Gasteiger partial charge in [-0.2, -0.15) is 23.3 Å². The molecule has 3 aromatic heterocycles. The molecule has 0 radical (unpaired) electrons. The zero-order valence-electron chi connectivity index (χ0n) is 17.3. The van der Waals surface area contributed by atoms with E-state index in [1.807, 2.05) is 37.2 Å².